The summed E-state index contributed by atoms with van der Waals surface area (Å²) in [6, 6.07) is 11.4. The molecule has 3 heterocycles. The first kappa shape index (κ1) is 16.5. The number of rotatable bonds is 4. The van der Waals surface area contributed by atoms with E-state index in [9.17, 15) is 4.39 Å². The van der Waals surface area contributed by atoms with E-state index in [1.165, 1.54) is 0 Å². The first-order valence-corrected chi connectivity index (χ1v) is 8.44. The highest BCUT2D eigenvalue weighted by Gasteiger charge is 2.34. The Morgan fingerprint density at radius 1 is 1.35 bits per heavy atom. The molecule has 132 valence electrons. The van der Waals surface area contributed by atoms with E-state index in [0.29, 0.717) is 18.1 Å². The summed E-state index contributed by atoms with van der Waals surface area (Å²) < 4.78 is 20.1. The number of pyridine rings is 1. The van der Waals surface area contributed by atoms with Crippen LogP contribution in [0.2, 0.25) is 0 Å². The maximum absolute atomic E-state index is 14.4. The number of aromatic amines is 1. The molecule has 0 spiro atoms. The monoisotopic (exact) mass is 351 g/mol. The van der Waals surface area contributed by atoms with Gasteiger partial charge in [0.1, 0.15) is 36.5 Å². The molecular weight excluding hydrogens is 333 g/mol. The predicted octanol–water partition coefficient (Wildman–Crippen LogP) is 2.88. The Morgan fingerprint density at radius 2 is 2.23 bits per heavy atom. The van der Waals surface area contributed by atoms with Crippen molar-refractivity contribution in [3.63, 3.8) is 0 Å². The summed E-state index contributed by atoms with van der Waals surface area (Å²) in [6.07, 6.45) is -0.0206. The van der Waals surface area contributed by atoms with Crippen LogP contribution in [0.3, 0.4) is 0 Å². The molecule has 0 bridgehead atoms. The van der Waals surface area contributed by atoms with Gasteiger partial charge in [0.2, 0.25) is 0 Å². The van der Waals surface area contributed by atoms with Gasteiger partial charge < -0.3 is 14.6 Å². The summed E-state index contributed by atoms with van der Waals surface area (Å²) in [6.45, 7) is 2.94. The van der Waals surface area contributed by atoms with Crippen molar-refractivity contribution in [2.75, 3.05) is 18.0 Å². The molecule has 1 fully saturated rings. The molecule has 1 aliphatic heterocycles. The summed E-state index contributed by atoms with van der Waals surface area (Å²) in [7, 11) is 0. The highest BCUT2D eigenvalue weighted by atomic mass is 19.1. The summed E-state index contributed by atoms with van der Waals surface area (Å²) in [5, 5.41) is 8.81. The number of aryl methyl sites for hydroxylation is 1. The number of imidazole rings is 1. The van der Waals surface area contributed by atoms with E-state index in [0.717, 1.165) is 22.3 Å². The van der Waals surface area contributed by atoms with Gasteiger partial charge in [-0.25, -0.2) is 14.4 Å². The third-order valence-electron chi connectivity index (χ3n) is 4.55. The molecule has 1 aliphatic rings. The van der Waals surface area contributed by atoms with Gasteiger partial charge in [0, 0.05) is 6.54 Å². The smallest absolute Gasteiger partial charge is 0.145 e. The number of nitrogens with zero attached hydrogens (tertiary/aromatic N) is 4. The van der Waals surface area contributed by atoms with E-state index in [2.05, 4.69) is 15.0 Å². The van der Waals surface area contributed by atoms with Crippen LogP contribution in [0.15, 0.2) is 36.5 Å². The fourth-order valence-electron chi connectivity index (χ4n) is 3.17. The van der Waals surface area contributed by atoms with Gasteiger partial charge >= 0.3 is 0 Å². The standard InChI is InChI=1S/C19H18FN5O/c1-12-2-5-16-17(6-12)24-19(23-16)11-26-18-10-25(9-15(18)20)14-4-3-13(7-21)22-8-14/h2-6,8,15,18H,9-11H2,1H3,(H,23,24)/t15-,18+/m1/s1. The second kappa shape index (κ2) is 6.73. The first-order valence-electron chi connectivity index (χ1n) is 8.44. The molecule has 0 radical (unpaired) electrons. The van der Waals surface area contributed by atoms with Gasteiger partial charge in [-0.15, -0.1) is 0 Å². The van der Waals surface area contributed by atoms with Gasteiger partial charge in [0.05, 0.1) is 29.5 Å². The average Bonchev–Trinajstić information content (AvgIpc) is 3.22. The molecule has 4 rings (SSSR count). The second-order valence-corrected chi connectivity index (χ2v) is 6.49. The average molecular weight is 351 g/mol. The van der Waals surface area contributed by atoms with Crippen LogP contribution in [0.5, 0.6) is 0 Å². The molecule has 1 N–H and O–H groups in total. The number of alkyl halides is 1. The minimum Gasteiger partial charge on any atom is -0.365 e. The van der Waals surface area contributed by atoms with Crippen LogP contribution < -0.4 is 4.90 Å². The molecule has 0 aliphatic carbocycles. The number of benzene rings is 1. The molecule has 3 aromatic rings. The molecule has 0 amide bonds. The Hall–Kier alpha value is -2.98. The number of ether oxygens (including phenoxy) is 1. The number of nitriles is 1. The zero-order valence-corrected chi connectivity index (χ0v) is 14.3. The van der Waals surface area contributed by atoms with Gasteiger partial charge in [0.25, 0.3) is 0 Å². The number of halogens is 1. The van der Waals surface area contributed by atoms with Gasteiger partial charge in [-0.3, -0.25) is 0 Å². The Balaban J connectivity index is 1.40. The summed E-state index contributed by atoms with van der Waals surface area (Å²) >= 11 is 0. The maximum atomic E-state index is 14.4. The number of H-pyrrole nitrogens is 1. The number of hydrogen-bond acceptors (Lipinski definition) is 5. The molecule has 1 aromatic carbocycles. The van der Waals surface area contributed by atoms with E-state index in [1.54, 1.807) is 18.3 Å². The van der Waals surface area contributed by atoms with Crippen LogP contribution in [-0.4, -0.2) is 40.3 Å². The van der Waals surface area contributed by atoms with Gasteiger partial charge in [-0.1, -0.05) is 6.07 Å². The maximum Gasteiger partial charge on any atom is 0.145 e. The van der Waals surface area contributed by atoms with Gasteiger partial charge in [-0.05, 0) is 36.8 Å². The predicted molar refractivity (Wildman–Crippen MR) is 95.5 cm³/mol. The Morgan fingerprint density at radius 3 is 3.00 bits per heavy atom. The van der Waals surface area contributed by atoms with Gasteiger partial charge in [0.15, 0.2) is 0 Å². The number of anilines is 1. The van der Waals surface area contributed by atoms with Crippen LogP contribution in [0.1, 0.15) is 17.1 Å². The van der Waals surface area contributed by atoms with Crippen molar-refractivity contribution in [1.29, 1.82) is 5.26 Å². The number of nitrogens with one attached hydrogen (secondary N) is 1. The molecule has 2 atom stereocenters. The Labute approximate surface area is 150 Å². The number of fused-ring (bicyclic) bond motifs is 1. The van der Waals surface area contributed by atoms with Crippen molar-refractivity contribution in [3.05, 3.63) is 53.6 Å². The van der Waals surface area contributed by atoms with E-state index < -0.39 is 12.3 Å². The minimum absolute atomic E-state index is 0.234. The molecule has 0 saturated carbocycles. The quantitative estimate of drug-likeness (QED) is 0.782. The summed E-state index contributed by atoms with van der Waals surface area (Å²) in [5.74, 6) is 0.691. The van der Waals surface area contributed by atoms with Crippen LogP contribution >= 0.6 is 0 Å². The molecule has 7 heteroatoms. The normalized spacial score (nSPS) is 19.8. The third kappa shape index (κ3) is 3.24. The van der Waals surface area contributed by atoms with Gasteiger partial charge in [-0.2, -0.15) is 5.26 Å². The van der Waals surface area contributed by atoms with Crippen LogP contribution in [0.4, 0.5) is 10.1 Å². The fourth-order valence-corrected chi connectivity index (χ4v) is 3.17. The lowest BCUT2D eigenvalue weighted by atomic mass is 10.2. The second-order valence-electron chi connectivity index (χ2n) is 6.49. The Bertz CT molecular complexity index is 962. The lowest BCUT2D eigenvalue weighted by Gasteiger charge is -2.17. The largest absolute Gasteiger partial charge is 0.365 e. The SMILES string of the molecule is Cc1ccc2nc(CO[C@H]3CN(c4ccc(C#N)nc4)C[C@H]3F)[nH]c2c1. The number of hydrogen-bond donors (Lipinski definition) is 1. The highest BCUT2D eigenvalue weighted by Crippen LogP contribution is 2.24. The summed E-state index contributed by atoms with van der Waals surface area (Å²) in [5.41, 5.74) is 4.12. The van der Waals surface area contributed by atoms with E-state index >= 15 is 0 Å². The van der Waals surface area contributed by atoms with Crippen LogP contribution in [-0.2, 0) is 11.3 Å². The van der Waals surface area contributed by atoms with E-state index in [-0.39, 0.29) is 13.2 Å². The highest BCUT2D eigenvalue weighted by molar-refractivity contribution is 5.75. The van der Waals surface area contributed by atoms with Crippen LogP contribution in [0.25, 0.3) is 11.0 Å². The Kier molecular flexibility index (Phi) is 4.27. The minimum atomic E-state index is -1.09. The van der Waals surface area contributed by atoms with E-state index in [4.69, 9.17) is 10.00 Å². The van der Waals surface area contributed by atoms with Crippen molar-refractivity contribution in [3.8, 4) is 6.07 Å². The molecule has 1 saturated heterocycles. The molecule has 6 nitrogen and oxygen atoms in total. The van der Waals surface area contributed by atoms with Crippen molar-refractivity contribution in [1.82, 2.24) is 15.0 Å². The lowest BCUT2D eigenvalue weighted by Crippen LogP contribution is -2.24. The van der Waals surface area contributed by atoms with Crippen molar-refractivity contribution in [2.24, 2.45) is 0 Å². The molecule has 26 heavy (non-hydrogen) atoms. The fraction of sp³-hybridized carbons (Fsp3) is 0.316. The van der Waals surface area contributed by atoms with Crippen molar-refractivity contribution < 1.29 is 9.13 Å². The molecule has 2 aromatic heterocycles. The number of aromatic nitrogens is 3. The zero-order valence-electron chi connectivity index (χ0n) is 14.3. The van der Waals surface area contributed by atoms with Crippen LogP contribution in [0, 0.1) is 18.3 Å². The van der Waals surface area contributed by atoms with Crippen molar-refractivity contribution >= 4 is 16.7 Å². The lowest BCUT2D eigenvalue weighted by molar-refractivity contribution is 0.0115. The third-order valence-corrected chi connectivity index (χ3v) is 4.55. The molecule has 0 unspecified atom stereocenters. The zero-order chi connectivity index (χ0) is 18.1. The molecular formula is C19H18FN5O. The summed E-state index contributed by atoms with van der Waals surface area (Å²) in [4.78, 5) is 13.6. The first-order chi connectivity index (χ1) is 12.6. The van der Waals surface area contributed by atoms with Crippen molar-refractivity contribution in [2.45, 2.75) is 25.8 Å². The topological polar surface area (TPSA) is 77.8 Å². The van der Waals surface area contributed by atoms with E-state index in [1.807, 2.05) is 36.1 Å².